The number of carboxylic acid groups (broad SMARTS) is 1. The number of anilines is 1. The summed E-state index contributed by atoms with van der Waals surface area (Å²) in [5.41, 5.74) is 1.85. The quantitative estimate of drug-likeness (QED) is 0.898. The van der Waals surface area contributed by atoms with Crippen molar-refractivity contribution in [1.29, 1.82) is 0 Å². The van der Waals surface area contributed by atoms with E-state index < -0.39 is 23.7 Å². The molecule has 1 N–H and O–H groups in total. The average Bonchev–Trinajstić information content (AvgIpc) is 3.05. The SMILES string of the molecule is CCc1nc(N2CC3C(C2)C3(F)F)ccc1Cn1cnc(C(=O)O)c1. The van der Waals surface area contributed by atoms with Gasteiger partial charge in [-0.1, -0.05) is 13.0 Å². The Morgan fingerprint density at radius 3 is 2.68 bits per heavy atom. The number of aromatic nitrogens is 3. The molecular weight excluding hydrogens is 330 g/mol. The summed E-state index contributed by atoms with van der Waals surface area (Å²) >= 11 is 0. The summed E-state index contributed by atoms with van der Waals surface area (Å²) in [5.74, 6) is -3.88. The number of alkyl halides is 2. The van der Waals surface area contributed by atoms with Gasteiger partial charge in [-0.3, -0.25) is 0 Å². The Hall–Kier alpha value is -2.51. The largest absolute Gasteiger partial charge is 0.476 e. The first kappa shape index (κ1) is 16.0. The monoisotopic (exact) mass is 348 g/mol. The minimum Gasteiger partial charge on any atom is -0.476 e. The molecule has 2 atom stereocenters. The first-order chi connectivity index (χ1) is 11.9. The Labute approximate surface area is 143 Å². The van der Waals surface area contributed by atoms with Gasteiger partial charge >= 0.3 is 5.97 Å². The van der Waals surface area contributed by atoms with Crippen molar-refractivity contribution in [1.82, 2.24) is 14.5 Å². The number of fused-ring (bicyclic) bond motifs is 1. The second kappa shape index (κ2) is 5.50. The van der Waals surface area contributed by atoms with Crippen LogP contribution in [0, 0.1) is 11.8 Å². The van der Waals surface area contributed by atoms with Crippen LogP contribution in [0.1, 0.15) is 28.7 Å². The number of hydrogen-bond donors (Lipinski definition) is 1. The zero-order valence-corrected chi connectivity index (χ0v) is 13.7. The minimum atomic E-state index is -2.49. The van der Waals surface area contributed by atoms with E-state index in [1.165, 1.54) is 12.5 Å². The van der Waals surface area contributed by atoms with Crippen molar-refractivity contribution in [3.63, 3.8) is 0 Å². The molecule has 1 saturated carbocycles. The van der Waals surface area contributed by atoms with Gasteiger partial charge in [0.1, 0.15) is 5.82 Å². The highest BCUT2D eigenvalue weighted by molar-refractivity contribution is 5.84. The van der Waals surface area contributed by atoms with E-state index in [4.69, 9.17) is 5.11 Å². The number of pyridine rings is 1. The molecule has 6 nitrogen and oxygen atoms in total. The average molecular weight is 348 g/mol. The molecule has 2 unspecified atom stereocenters. The molecule has 0 radical (unpaired) electrons. The summed E-state index contributed by atoms with van der Waals surface area (Å²) in [6.45, 7) is 3.18. The molecule has 0 amide bonds. The predicted molar refractivity (Wildman–Crippen MR) is 86.0 cm³/mol. The fourth-order valence-electron chi connectivity index (χ4n) is 3.59. The van der Waals surface area contributed by atoms with Gasteiger partial charge in [-0.05, 0) is 18.1 Å². The van der Waals surface area contributed by atoms with Crippen LogP contribution >= 0.6 is 0 Å². The molecule has 0 spiro atoms. The van der Waals surface area contributed by atoms with Gasteiger partial charge in [-0.2, -0.15) is 0 Å². The van der Waals surface area contributed by atoms with Crippen molar-refractivity contribution in [2.75, 3.05) is 18.0 Å². The molecule has 2 aliphatic rings. The van der Waals surface area contributed by atoms with Crippen LogP contribution < -0.4 is 4.90 Å². The van der Waals surface area contributed by atoms with Crippen molar-refractivity contribution in [2.24, 2.45) is 11.8 Å². The van der Waals surface area contributed by atoms with E-state index in [0.717, 1.165) is 17.1 Å². The molecule has 2 aromatic heterocycles. The Bertz CT molecular complexity index is 822. The van der Waals surface area contributed by atoms with Gasteiger partial charge in [-0.15, -0.1) is 0 Å². The summed E-state index contributed by atoms with van der Waals surface area (Å²) < 4.78 is 28.4. The van der Waals surface area contributed by atoms with E-state index in [0.29, 0.717) is 26.1 Å². The minimum absolute atomic E-state index is 0.000141. The number of halogens is 2. The Morgan fingerprint density at radius 1 is 1.36 bits per heavy atom. The van der Waals surface area contributed by atoms with Crippen molar-refractivity contribution >= 4 is 11.8 Å². The zero-order chi connectivity index (χ0) is 17.8. The van der Waals surface area contributed by atoms with E-state index in [1.807, 2.05) is 24.0 Å². The van der Waals surface area contributed by atoms with Gasteiger partial charge in [-0.25, -0.2) is 23.5 Å². The van der Waals surface area contributed by atoms with E-state index in [2.05, 4.69) is 9.97 Å². The molecule has 1 aliphatic carbocycles. The van der Waals surface area contributed by atoms with Crippen molar-refractivity contribution in [3.05, 3.63) is 41.6 Å². The van der Waals surface area contributed by atoms with Gasteiger partial charge < -0.3 is 14.6 Å². The number of imidazole rings is 1. The lowest BCUT2D eigenvalue weighted by molar-refractivity contribution is 0.0690. The molecule has 0 aromatic carbocycles. The standard InChI is InChI=1S/C17H18F2N4O2/c1-2-13-10(5-22-8-14(16(24)25)20-9-22)3-4-15(21-13)23-6-11-12(7-23)17(11,18)19/h3-4,8-9,11-12H,2,5-7H2,1H3,(H,24,25). The van der Waals surface area contributed by atoms with Gasteiger partial charge in [0.15, 0.2) is 5.69 Å². The van der Waals surface area contributed by atoms with Crippen molar-refractivity contribution < 1.29 is 18.7 Å². The van der Waals surface area contributed by atoms with Gasteiger partial charge in [0, 0.05) is 25.0 Å². The lowest BCUT2D eigenvalue weighted by atomic mass is 10.1. The summed E-state index contributed by atoms with van der Waals surface area (Å²) in [5, 5.41) is 8.94. The molecule has 1 saturated heterocycles. The van der Waals surface area contributed by atoms with Crippen LogP contribution in [0.25, 0.3) is 0 Å². The van der Waals surface area contributed by atoms with E-state index in [1.54, 1.807) is 4.57 Å². The maximum Gasteiger partial charge on any atom is 0.356 e. The summed E-state index contributed by atoms with van der Waals surface area (Å²) in [7, 11) is 0. The highest BCUT2D eigenvalue weighted by Gasteiger charge is 2.71. The smallest absolute Gasteiger partial charge is 0.356 e. The van der Waals surface area contributed by atoms with Crippen LogP contribution in [0.3, 0.4) is 0 Å². The van der Waals surface area contributed by atoms with Crippen LogP contribution in [0.15, 0.2) is 24.7 Å². The topological polar surface area (TPSA) is 71.2 Å². The number of nitrogens with zero attached hydrogens (tertiary/aromatic N) is 4. The number of carbonyl (C=O) groups is 1. The molecule has 2 fully saturated rings. The number of aromatic carboxylic acids is 1. The lowest BCUT2D eigenvalue weighted by Crippen LogP contribution is -2.28. The molecule has 25 heavy (non-hydrogen) atoms. The highest BCUT2D eigenvalue weighted by Crippen LogP contribution is 2.59. The van der Waals surface area contributed by atoms with E-state index in [-0.39, 0.29) is 5.69 Å². The van der Waals surface area contributed by atoms with Gasteiger partial charge in [0.2, 0.25) is 0 Å². The maximum atomic E-state index is 13.3. The maximum absolute atomic E-state index is 13.3. The molecule has 4 rings (SSSR count). The zero-order valence-electron chi connectivity index (χ0n) is 13.7. The van der Waals surface area contributed by atoms with Crippen LogP contribution in [-0.4, -0.2) is 44.6 Å². The number of hydrogen-bond acceptors (Lipinski definition) is 4. The Balaban J connectivity index is 1.51. The third-order valence-electron chi connectivity index (χ3n) is 5.12. The normalized spacial score (nSPS) is 23.6. The van der Waals surface area contributed by atoms with E-state index >= 15 is 0 Å². The van der Waals surface area contributed by atoms with Crippen molar-refractivity contribution in [3.8, 4) is 0 Å². The molecular formula is C17H18F2N4O2. The molecule has 132 valence electrons. The third-order valence-corrected chi connectivity index (χ3v) is 5.12. The summed E-state index contributed by atoms with van der Waals surface area (Å²) in [6, 6.07) is 3.79. The van der Waals surface area contributed by atoms with Crippen molar-refractivity contribution in [2.45, 2.75) is 25.8 Å². The summed E-state index contributed by atoms with van der Waals surface area (Å²) in [6.07, 6.45) is 3.67. The number of rotatable bonds is 5. The number of aryl methyl sites for hydroxylation is 1. The Morgan fingerprint density at radius 2 is 2.08 bits per heavy atom. The second-order valence-electron chi connectivity index (χ2n) is 6.66. The van der Waals surface area contributed by atoms with Gasteiger partial charge in [0.25, 0.3) is 5.92 Å². The third kappa shape index (κ3) is 2.65. The first-order valence-electron chi connectivity index (χ1n) is 8.26. The first-order valence-corrected chi connectivity index (χ1v) is 8.26. The molecule has 8 heteroatoms. The number of piperidine rings is 1. The molecule has 3 heterocycles. The van der Waals surface area contributed by atoms with Gasteiger partial charge in [0.05, 0.1) is 24.7 Å². The van der Waals surface area contributed by atoms with Crippen LogP contribution in [-0.2, 0) is 13.0 Å². The van der Waals surface area contributed by atoms with Crippen LogP contribution in [0.5, 0.6) is 0 Å². The molecule has 2 aromatic rings. The van der Waals surface area contributed by atoms with E-state index in [9.17, 15) is 13.6 Å². The second-order valence-corrected chi connectivity index (χ2v) is 6.66. The van der Waals surface area contributed by atoms with Crippen LogP contribution in [0.4, 0.5) is 14.6 Å². The predicted octanol–water partition coefficient (Wildman–Crippen LogP) is 2.29. The van der Waals surface area contributed by atoms with Crippen LogP contribution in [0.2, 0.25) is 0 Å². The molecule has 0 bridgehead atoms. The lowest BCUT2D eigenvalue weighted by Gasteiger charge is -2.22. The molecule has 1 aliphatic heterocycles. The fourth-order valence-corrected chi connectivity index (χ4v) is 3.59. The summed E-state index contributed by atoms with van der Waals surface area (Å²) in [4.78, 5) is 21.3. The Kier molecular flexibility index (Phi) is 3.52. The fraction of sp³-hybridized carbons (Fsp3) is 0.471. The number of carboxylic acids is 1. The highest BCUT2D eigenvalue weighted by atomic mass is 19.3.